The van der Waals surface area contributed by atoms with Crippen LogP contribution >= 0.6 is 0 Å². The fourth-order valence-electron chi connectivity index (χ4n) is 2.27. The molecule has 18 heavy (non-hydrogen) atoms. The van der Waals surface area contributed by atoms with Crippen LogP contribution in [0, 0.1) is 5.92 Å². The zero-order chi connectivity index (χ0) is 13.8. The number of hydrogen-bond acceptors (Lipinski definition) is 3. The first-order valence-corrected chi connectivity index (χ1v) is 6.98. The number of carbonyl (C=O) groups excluding carboxylic acids is 1. The van der Waals surface area contributed by atoms with Crippen LogP contribution in [-0.4, -0.2) is 42.8 Å². The minimum Gasteiger partial charge on any atom is -0.444 e. The van der Waals surface area contributed by atoms with E-state index in [1.807, 2.05) is 27.8 Å². The Hall–Kier alpha value is -0.770. The van der Waals surface area contributed by atoms with Gasteiger partial charge in [-0.1, -0.05) is 6.42 Å². The first-order chi connectivity index (χ1) is 8.31. The van der Waals surface area contributed by atoms with Gasteiger partial charge < -0.3 is 15.0 Å². The monoisotopic (exact) mass is 256 g/mol. The molecule has 2 atom stereocenters. The summed E-state index contributed by atoms with van der Waals surface area (Å²) in [5.74, 6) is 0.519. The second kappa shape index (κ2) is 6.41. The molecule has 1 saturated heterocycles. The predicted octanol–water partition coefficient (Wildman–Crippen LogP) is 2.63. The number of rotatable bonds is 2. The van der Waals surface area contributed by atoms with Crippen LogP contribution in [0.25, 0.3) is 0 Å². The van der Waals surface area contributed by atoms with Crippen molar-refractivity contribution in [2.24, 2.45) is 5.92 Å². The van der Waals surface area contributed by atoms with E-state index in [0.717, 1.165) is 13.1 Å². The van der Waals surface area contributed by atoms with E-state index in [1.165, 1.54) is 19.3 Å². The summed E-state index contributed by atoms with van der Waals surface area (Å²) in [6.07, 6.45) is 3.43. The van der Waals surface area contributed by atoms with E-state index in [2.05, 4.69) is 12.2 Å². The van der Waals surface area contributed by atoms with Crippen LogP contribution in [0.1, 0.15) is 47.0 Å². The Morgan fingerprint density at radius 3 is 2.67 bits per heavy atom. The van der Waals surface area contributed by atoms with E-state index in [1.54, 1.807) is 4.90 Å². The molecule has 1 aliphatic rings. The number of nitrogens with zero attached hydrogens (tertiary/aromatic N) is 1. The van der Waals surface area contributed by atoms with Gasteiger partial charge in [0.25, 0.3) is 0 Å². The van der Waals surface area contributed by atoms with Crippen molar-refractivity contribution in [3.8, 4) is 0 Å². The molecule has 4 nitrogen and oxygen atoms in total. The molecule has 0 saturated carbocycles. The maximum Gasteiger partial charge on any atom is 0.410 e. The molecule has 106 valence electrons. The molecule has 1 heterocycles. The van der Waals surface area contributed by atoms with Crippen molar-refractivity contribution in [2.45, 2.75) is 58.6 Å². The maximum atomic E-state index is 12.0. The molecule has 1 N–H and O–H groups in total. The number of nitrogens with one attached hydrogen (secondary N) is 1. The highest BCUT2D eigenvalue weighted by Crippen LogP contribution is 2.20. The minimum atomic E-state index is -0.424. The molecule has 0 aromatic carbocycles. The van der Waals surface area contributed by atoms with Crippen LogP contribution in [0.4, 0.5) is 4.79 Å². The lowest BCUT2D eigenvalue weighted by Crippen LogP contribution is -2.44. The highest BCUT2D eigenvalue weighted by atomic mass is 16.6. The standard InChI is InChI=1S/C14H28N2O2/c1-11(12-8-6-7-9-15-10-12)16(5)13(17)18-14(2,3)4/h11-12,15H,6-10H2,1-5H3. The maximum absolute atomic E-state index is 12.0. The van der Waals surface area contributed by atoms with Crippen LogP contribution in [0.15, 0.2) is 0 Å². The summed E-state index contributed by atoms with van der Waals surface area (Å²) in [6, 6.07) is 0.213. The summed E-state index contributed by atoms with van der Waals surface area (Å²) in [5, 5.41) is 3.44. The predicted molar refractivity (Wildman–Crippen MR) is 73.7 cm³/mol. The molecule has 1 rings (SSSR count). The molecule has 0 radical (unpaired) electrons. The molecule has 1 fully saturated rings. The Morgan fingerprint density at radius 1 is 1.39 bits per heavy atom. The van der Waals surface area contributed by atoms with Crippen molar-refractivity contribution >= 4 is 6.09 Å². The van der Waals surface area contributed by atoms with E-state index >= 15 is 0 Å². The Kier molecular flexibility index (Phi) is 5.45. The number of hydrogen-bond donors (Lipinski definition) is 1. The first kappa shape index (κ1) is 15.3. The zero-order valence-electron chi connectivity index (χ0n) is 12.5. The van der Waals surface area contributed by atoms with Gasteiger partial charge in [-0.25, -0.2) is 4.79 Å². The van der Waals surface area contributed by atoms with Gasteiger partial charge in [0.2, 0.25) is 0 Å². The Bertz CT molecular complexity index is 265. The third-order valence-electron chi connectivity index (χ3n) is 3.56. The van der Waals surface area contributed by atoms with E-state index < -0.39 is 5.60 Å². The van der Waals surface area contributed by atoms with E-state index in [0.29, 0.717) is 5.92 Å². The van der Waals surface area contributed by atoms with Crippen LogP contribution in [0.5, 0.6) is 0 Å². The normalized spacial score (nSPS) is 23.1. The van der Waals surface area contributed by atoms with Crippen molar-refractivity contribution in [1.29, 1.82) is 0 Å². The summed E-state index contributed by atoms with van der Waals surface area (Å²) in [7, 11) is 1.84. The van der Waals surface area contributed by atoms with Gasteiger partial charge in [0.1, 0.15) is 5.60 Å². The third-order valence-corrected chi connectivity index (χ3v) is 3.56. The minimum absolute atomic E-state index is 0.213. The molecule has 0 aromatic rings. The van der Waals surface area contributed by atoms with Crippen molar-refractivity contribution in [3.63, 3.8) is 0 Å². The molecule has 0 spiro atoms. The summed E-state index contributed by atoms with van der Waals surface area (Å²) in [6.45, 7) is 9.90. The first-order valence-electron chi connectivity index (χ1n) is 6.98. The molecule has 0 aromatic heterocycles. The van der Waals surface area contributed by atoms with Crippen molar-refractivity contribution < 1.29 is 9.53 Å². The lowest BCUT2D eigenvalue weighted by atomic mass is 9.95. The van der Waals surface area contributed by atoms with E-state index in [9.17, 15) is 4.79 Å². The summed E-state index contributed by atoms with van der Waals surface area (Å²) < 4.78 is 5.41. The topological polar surface area (TPSA) is 41.6 Å². The molecular formula is C14H28N2O2. The molecular weight excluding hydrogens is 228 g/mol. The van der Waals surface area contributed by atoms with E-state index in [4.69, 9.17) is 4.74 Å². The molecule has 1 amide bonds. The van der Waals surface area contributed by atoms with Gasteiger partial charge in [0.15, 0.2) is 0 Å². The van der Waals surface area contributed by atoms with Crippen LogP contribution in [0.2, 0.25) is 0 Å². The summed E-state index contributed by atoms with van der Waals surface area (Å²) >= 11 is 0. The number of amides is 1. The molecule has 4 heteroatoms. The molecule has 0 bridgehead atoms. The van der Waals surface area contributed by atoms with Gasteiger partial charge in [0, 0.05) is 13.1 Å². The SMILES string of the molecule is CC(C1CCCCNC1)N(C)C(=O)OC(C)(C)C. The fourth-order valence-corrected chi connectivity index (χ4v) is 2.27. The second-order valence-electron chi connectivity index (χ2n) is 6.29. The van der Waals surface area contributed by atoms with Crippen molar-refractivity contribution in [1.82, 2.24) is 10.2 Å². The average molecular weight is 256 g/mol. The zero-order valence-corrected chi connectivity index (χ0v) is 12.5. The molecule has 1 aliphatic heterocycles. The van der Waals surface area contributed by atoms with Gasteiger partial charge in [-0.3, -0.25) is 0 Å². The summed E-state index contributed by atoms with van der Waals surface area (Å²) in [5.41, 5.74) is -0.424. The fraction of sp³-hybridized carbons (Fsp3) is 0.929. The molecule has 2 unspecified atom stereocenters. The van der Waals surface area contributed by atoms with Crippen molar-refractivity contribution in [3.05, 3.63) is 0 Å². The smallest absolute Gasteiger partial charge is 0.410 e. The van der Waals surface area contributed by atoms with Crippen LogP contribution in [-0.2, 0) is 4.74 Å². The molecule has 0 aliphatic carbocycles. The van der Waals surface area contributed by atoms with Crippen molar-refractivity contribution in [2.75, 3.05) is 20.1 Å². The highest BCUT2D eigenvalue weighted by Gasteiger charge is 2.28. The van der Waals surface area contributed by atoms with Gasteiger partial charge in [0.05, 0.1) is 0 Å². The average Bonchev–Trinajstić information content (AvgIpc) is 2.53. The van der Waals surface area contributed by atoms with Gasteiger partial charge >= 0.3 is 6.09 Å². The van der Waals surface area contributed by atoms with Gasteiger partial charge in [-0.2, -0.15) is 0 Å². The van der Waals surface area contributed by atoms with E-state index in [-0.39, 0.29) is 12.1 Å². The Labute approximate surface area is 111 Å². The highest BCUT2D eigenvalue weighted by molar-refractivity contribution is 5.68. The largest absolute Gasteiger partial charge is 0.444 e. The lowest BCUT2D eigenvalue weighted by Gasteiger charge is -2.33. The number of ether oxygens (including phenoxy) is 1. The second-order valence-corrected chi connectivity index (χ2v) is 6.29. The van der Waals surface area contributed by atoms with Crippen LogP contribution < -0.4 is 5.32 Å². The Morgan fingerprint density at radius 2 is 2.06 bits per heavy atom. The van der Waals surface area contributed by atoms with Crippen LogP contribution in [0.3, 0.4) is 0 Å². The quantitative estimate of drug-likeness (QED) is 0.826. The Balaban J connectivity index is 2.53. The lowest BCUT2D eigenvalue weighted by molar-refractivity contribution is 0.0181. The van der Waals surface area contributed by atoms with Gasteiger partial charge in [-0.05, 0) is 59.5 Å². The van der Waals surface area contributed by atoms with Gasteiger partial charge in [-0.15, -0.1) is 0 Å². The number of carbonyl (C=O) groups is 1. The summed E-state index contributed by atoms with van der Waals surface area (Å²) in [4.78, 5) is 13.8. The third kappa shape index (κ3) is 4.84.